The van der Waals surface area contributed by atoms with Gasteiger partial charge in [0.15, 0.2) is 5.65 Å². The van der Waals surface area contributed by atoms with Crippen molar-refractivity contribution in [1.82, 2.24) is 25.1 Å². The van der Waals surface area contributed by atoms with E-state index in [4.69, 9.17) is 0 Å². The molecule has 6 nitrogen and oxygen atoms in total. The third-order valence-electron chi connectivity index (χ3n) is 4.20. The van der Waals surface area contributed by atoms with Gasteiger partial charge in [-0.15, -0.1) is 0 Å². The number of hydrogen-bond acceptors (Lipinski definition) is 5. The Morgan fingerprint density at radius 2 is 2.00 bits per heavy atom. The Hall–Kier alpha value is -1.69. The van der Waals surface area contributed by atoms with Crippen LogP contribution >= 0.6 is 0 Å². The van der Waals surface area contributed by atoms with Crippen LogP contribution in [-0.2, 0) is 7.05 Å². The fourth-order valence-electron chi connectivity index (χ4n) is 3.23. The van der Waals surface area contributed by atoms with Gasteiger partial charge in [0, 0.05) is 33.2 Å². The lowest BCUT2D eigenvalue weighted by atomic mass is 10.0. The first kappa shape index (κ1) is 10.3. The summed E-state index contributed by atoms with van der Waals surface area (Å²) in [6.45, 7) is 4.47. The first-order valence-corrected chi connectivity index (χ1v) is 6.41. The molecular formula is C12H16N6. The molecule has 2 aromatic rings. The van der Waals surface area contributed by atoms with Crippen LogP contribution in [0.15, 0.2) is 12.5 Å². The first-order valence-electron chi connectivity index (χ1n) is 6.41. The summed E-state index contributed by atoms with van der Waals surface area (Å²) in [6, 6.07) is 0. The fraction of sp³-hybridized carbons (Fsp3) is 0.583. The van der Waals surface area contributed by atoms with Gasteiger partial charge in [-0.3, -0.25) is 4.68 Å². The van der Waals surface area contributed by atoms with E-state index in [1.807, 2.05) is 13.2 Å². The number of nitrogens with one attached hydrogen (secondary N) is 1. The van der Waals surface area contributed by atoms with Gasteiger partial charge < -0.3 is 10.2 Å². The lowest BCUT2D eigenvalue weighted by molar-refractivity contribution is 0.533. The summed E-state index contributed by atoms with van der Waals surface area (Å²) in [4.78, 5) is 11.2. The molecule has 1 N–H and O–H groups in total. The molecule has 0 amide bonds. The van der Waals surface area contributed by atoms with Crippen molar-refractivity contribution in [2.75, 3.05) is 31.1 Å². The Labute approximate surface area is 105 Å². The lowest BCUT2D eigenvalue weighted by Crippen LogP contribution is -2.26. The Bertz CT molecular complexity index is 579. The molecule has 4 rings (SSSR count). The number of aryl methyl sites for hydroxylation is 1. The molecule has 4 heterocycles. The highest BCUT2D eigenvalue weighted by Gasteiger charge is 2.37. The molecule has 2 saturated heterocycles. The van der Waals surface area contributed by atoms with Crippen LogP contribution in [0.4, 0.5) is 5.82 Å². The minimum absolute atomic E-state index is 0.770. The maximum atomic E-state index is 4.47. The number of hydrogen-bond donors (Lipinski definition) is 1. The Morgan fingerprint density at radius 1 is 1.22 bits per heavy atom. The number of aromatic nitrogens is 4. The molecule has 18 heavy (non-hydrogen) atoms. The summed E-state index contributed by atoms with van der Waals surface area (Å²) >= 11 is 0. The van der Waals surface area contributed by atoms with Crippen molar-refractivity contribution in [1.29, 1.82) is 0 Å². The SMILES string of the molecule is Cn1ncc2c(N3C[C@H]4CNC[C@H]4C3)ncnc21. The Morgan fingerprint density at radius 3 is 2.78 bits per heavy atom. The minimum atomic E-state index is 0.770. The molecule has 94 valence electrons. The van der Waals surface area contributed by atoms with Crippen molar-refractivity contribution in [3.05, 3.63) is 12.5 Å². The third kappa shape index (κ3) is 1.35. The van der Waals surface area contributed by atoms with Gasteiger partial charge in [0.25, 0.3) is 0 Å². The smallest absolute Gasteiger partial charge is 0.163 e. The van der Waals surface area contributed by atoms with Gasteiger partial charge in [-0.05, 0) is 11.8 Å². The highest BCUT2D eigenvalue weighted by atomic mass is 15.3. The molecule has 0 bridgehead atoms. The number of rotatable bonds is 1. The summed E-state index contributed by atoms with van der Waals surface area (Å²) in [5, 5.41) is 8.80. The standard InChI is InChI=1S/C12H16N6/c1-17-11-10(4-16-17)12(15-7-14-11)18-5-8-2-13-3-9(8)6-18/h4,7-9,13H,2-3,5-6H2,1H3/t8-,9+. The van der Waals surface area contributed by atoms with E-state index in [9.17, 15) is 0 Å². The van der Waals surface area contributed by atoms with Crippen LogP contribution < -0.4 is 10.2 Å². The molecule has 0 saturated carbocycles. The number of fused-ring (bicyclic) bond motifs is 2. The van der Waals surface area contributed by atoms with Crippen LogP contribution in [0.25, 0.3) is 11.0 Å². The van der Waals surface area contributed by atoms with E-state index in [0.29, 0.717) is 0 Å². The average Bonchev–Trinajstić information content (AvgIpc) is 3.03. The molecule has 2 aliphatic rings. The van der Waals surface area contributed by atoms with Gasteiger partial charge in [-0.2, -0.15) is 5.10 Å². The molecular weight excluding hydrogens is 228 g/mol. The second-order valence-corrected chi connectivity index (χ2v) is 5.29. The van der Waals surface area contributed by atoms with Gasteiger partial charge in [0.1, 0.15) is 12.1 Å². The zero-order valence-electron chi connectivity index (χ0n) is 10.4. The van der Waals surface area contributed by atoms with Crippen molar-refractivity contribution in [2.45, 2.75) is 0 Å². The summed E-state index contributed by atoms with van der Waals surface area (Å²) in [7, 11) is 1.92. The van der Waals surface area contributed by atoms with E-state index in [1.165, 1.54) is 0 Å². The van der Waals surface area contributed by atoms with E-state index in [1.54, 1.807) is 11.0 Å². The molecule has 0 radical (unpaired) electrons. The van der Waals surface area contributed by atoms with Gasteiger partial charge >= 0.3 is 0 Å². The van der Waals surface area contributed by atoms with Gasteiger partial charge in [-0.25, -0.2) is 9.97 Å². The van der Waals surface area contributed by atoms with Crippen molar-refractivity contribution >= 4 is 16.9 Å². The van der Waals surface area contributed by atoms with Crippen molar-refractivity contribution in [3.8, 4) is 0 Å². The normalized spacial score (nSPS) is 27.1. The number of nitrogens with zero attached hydrogens (tertiary/aromatic N) is 5. The Kier molecular flexibility index (Phi) is 2.08. The molecule has 2 aliphatic heterocycles. The van der Waals surface area contributed by atoms with Crippen LogP contribution in [0.5, 0.6) is 0 Å². The summed E-state index contributed by atoms with van der Waals surface area (Å²) in [5.74, 6) is 2.58. The van der Waals surface area contributed by atoms with E-state index in [0.717, 1.165) is 54.9 Å². The molecule has 2 atom stereocenters. The lowest BCUT2D eigenvalue weighted by Gasteiger charge is -2.18. The predicted molar refractivity (Wildman–Crippen MR) is 68.4 cm³/mol. The van der Waals surface area contributed by atoms with Crippen LogP contribution in [0.2, 0.25) is 0 Å². The monoisotopic (exact) mass is 244 g/mol. The second-order valence-electron chi connectivity index (χ2n) is 5.29. The third-order valence-corrected chi connectivity index (χ3v) is 4.20. The maximum Gasteiger partial charge on any atom is 0.163 e. The van der Waals surface area contributed by atoms with Crippen LogP contribution in [0, 0.1) is 11.8 Å². The molecule has 6 heteroatoms. The molecule has 2 aromatic heterocycles. The quantitative estimate of drug-likeness (QED) is 0.766. The van der Waals surface area contributed by atoms with Crippen LogP contribution in [0.1, 0.15) is 0 Å². The van der Waals surface area contributed by atoms with Gasteiger partial charge in [0.2, 0.25) is 0 Å². The highest BCUT2D eigenvalue weighted by Crippen LogP contribution is 2.32. The minimum Gasteiger partial charge on any atom is -0.355 e. The molecule has 0 aromatic carbocycles. The van der Waals surface area contributed by atoms with Crippen molar-refractivity contribution in [3.63, 3.8) is 0 Å². The van der Waals surface area contributed by atoms with E-state index in [-0.39, 0.29) is 0 Å². The molecule has 0 spiro atoms. The predicted octanol–water partition coefficient (Wildman–Crippen LogP) is 0.0189. The van der Waals surface area contributed by atoms with Crippen LogP contribution in [0.3, 0.4) is 0 Å². The summed E-state index contributed by atoms with van der Waals surface area (Å²) in [6.07, 6.45) is 3.52. The first-order chi connectivity index (χ1) is 8.83. The van der Waals surface area contributed by atoms with Crippen molar-refractivity contribution in [2.24, 2.45) is 18.9 Å². The van der Waals surface area contributed by atoms with E-state index in [2.05, 4.69) is 25.3 Å². The fourth-order valence-corrected chi connectivity index (χ4v) is 3.23. The molecule has 2 fully saturated rings. The second kappa shape index (κ2) is 3.65. The highest BCUT2D eigenvalue weighted by molar-refractivity contribution is 5.86. The Balaban J connectivity index is 1.75. The van der Waals surface area contributed by atoms with E-state index >= 15 is 0 Å². The topological polar surface area (TPSA) is 58.9 Å². The zero-order chi connectivity index (χ0) is 12.1. The van der Waals surface area contributed by atoms with Gasteiger partial charge in [-0.1, -0.05) is 0 Å². The van der Waals surface area contributed by atoms with E-state index < -0.39 is 0 Å². The summed E-state index contributed by atoms with van der Waals surface area (Å²) < 4.78 is 1.80. The maximum absolute atomic E-state index is 4.47. The molecule has 0 aliphatic carbocycles. The largest absolute Gasteiger partial charge is 0.355 e. The van der Waals surface area contributed by atoms with Gasteiger partial charge in [0.05, 0.1) is 11.6 Å². The van der Waals surface area contributed by atoms with Crippen LogP contribution in [-0.4, -0.2) is 45.9 Å². The van der Waals surface area contributed by atoms with Crippen molar-refractivity contribution < 1.29 is 0 Å². The molecule has 0 unspecified atom stereocenters. The average molecular weight is 244 g/mol. The zero-order valence-corrected chi connectivity index (χ0v) is 10.4. The summed E-state index contributed by atoms with van der Waals surface area (Å²) in [5.41, 5.74) is 0.912. The number of anilines is 1.